The van der Waals surface area contributed by atoms with E-state index in [-0.39, 0.29) is 0 Å². The van der Waals surface area contributed by atoms with Crippen molar-refractivity contribution in [3.8, 4) is 11.8 Å². The lowest BCUT2D eigenvalue weighted by atomic mass is 10.1. The summed E-state index contributed by atoms with van der Waals surface area (Å²) in [6.45, 7) is 6.09. The van der Waals surface area contributed by atoms with E-state index in [0.29, 0.717) is 11.5 Å². The summed E-state index contributed by atoms with van der Waals surface area (Å²) in [7, 11) is 0. The van der Waals surface area contributed by atoms with Crippen molar-refractivity contribution in [1.82, 2.24) is 9.78 Å². The smallest absolute Gasteiger partial charge is 0.165 e. The van der Waals surface area contributed by atoms with Gasteiger partial charge in [-0.2, -0.15) is 10.4 Å². The van der Waals surface area contributed by atoms with Crippen LogP contribution in [0.4, 0.5) is 5.82 Å². The molecule has 86 valence electrons. The molecule has 0 saturated heterocycles. The Morgan fingerprint density at radius 1 is 1.18 bits per heavy atom. The van der Waals surface area contributed by atoms with Gasteiger partial charge in [-0.25, -0.2) is 4.68 Å². The number of nitrogen functional groups attached to an aromatic ring is 1. The van der Waals surface area contributed by atoms with Crippen LogP contribution in [-0.2, 0) is 0 Å². The van der Waals surface area contributed by atoms with Gasteiger partial charge in [-0.05, 0) is 31.9 Å². The summed E-state index contributed by atoms with van der Waals surface area (Å²) in [6, 6.07) is 7.74. The van der Waals surface area contributed by atoms with Crippen LogP contribution in [-0.4, -0.2) is 9.78 Å². The number of nitrogens with two attached hydrogens (primary N) is 1. The highest BCUT2D eigenvalue weighted by atomic mass is 15.3. The predicted octanol–water partition coefficient (Wildman–Crippen LogP) is 2.25. The van der Waals surface area contributed by atoms with Crippen molar-refractivity contribution in [1.29, 1.82) is 5.26 Å². The summed E-state index contributed by atoms with van der Waals surface area (Å²) in [6.07, 6.45) is 0. The lowest BCUT2D eigenvalue weighted by Gasteiger charge is -2.12. The fraction of sp³-hybridized carbons (Fsp3) is 0.231. The number of hydrogen-bond donors (Lipinski definition) is 1. The maximum atomic E-state index is 8.82. The molecule has 0 amide bonds. The number of aromatic nitrogens is 2. The molecule has 17 heavy (non-hydrogen) atoms. The number of nitriles is 1. The third kappa shape index (κ3) is 1.87. The molecular formula is C13H14N4. The van der Waals surface area contributed by atoms with Crippen LogP contribution in [0, 0.1) is 32.1 Å². The molecule has 1 heterocycles. The average molecular weight is 226 g/mol. The molecule has 0 spiro atoms. The van der Waals surface area contributed by atoms with E-state index in [2.05, 4.69) is 24.2 Å². The Kier molecular flexibility index (Phi) is 2.60. The molecule has 0 aliphatic heterocycles. The standard InChI is InChI=1S/C13H14N4/c1-8-4-9(2)13(10(3)5-8)17-12(15)6-11(7-14)16-17/h4-6H,15H2,1-3H3. The van der Waals surface area contributed by atoms with E-state index in [1.807, 2.05) is 19.9 Å². The van der Waals surface area contributed by atoms with Gasteiger partial charge in [0.2, 0.25) is 0 Å². The Hall–Kier alpha value is -2.28. The summed E-state index contributed by atoms with van der Waals surface area (Å²) in [5.74, 6) is 0.483. The van der Waals surface area contributed by atoms with E-state index in [1.165, 1.54) is 5.56 Å². The van der Waals surface area contributed by atoms with Gasteiger partial charge in [-0.1, -0.05) is 17.7 Å². The number of aryl methyl sites for hydroxylation is 3. The highest BCUT2D eigenvalue weighted by Gasteiger charge is 2.11. The van der Waals surface area contributed by atoms with E-state index in [4.69, 9.17) is 11.0 Å². The van der Waals surface area contributed by atoms with Crippen molar-refractivity contribution >= 4 is 5.82 Å². The molecular weight excluding hydrogens is 212 g/mol. The van der Waals surface area contributed by atoms with Crippen molar-refractivity contribution < 1.29 is 0 Å². The lowest BCUT2D eigenvalue weighted by molar-refractivity contribution is 0.867. The zero-order valence-electron chi connectivity index (χ0n) is 10.2. The minimum Gasteiger partial charge on any atom is -0.384 e. The molecule has 0 atom stereocenters. The normalized spacial score (nSPS) is 10.2. The Bertz CT molecular complexity index is 594. The van der Waals surface area contributed by atoms with Crippen LogP contribution < -0.4 is 5.73 Å². The quantitative estimate of drug-likeness (QED) is 0.810. The first kappa shape index (κ1) is 11.2. The summed E-state index contributed by atoms with van der Waals surface area (Å²) < 4.78 is 1.63. The van der Waals surface area contributed by atoms with E-state index in [9.17, 15) is 0 Å². The molecule has 1 aromatic carbocycles. The molecule has 0 fully saturated rings. The molecule has 4 heteroatoms. The van der Waals surface area contributed by atoms with E-state index in [0.717, 1.165) is 16.8 Å². The van der Waals surface area contributed by atoms with Gasteiger partial charge in [-0.15, -0.1) is 0 Å². The van der Waals surface area contributed by atoms with E-state index in [1.54, 1.807) is 10.7 Å². The number of benzene rings is 1. The molecule has 2 rings (SSSR count). The number of anilines is 1. The molecule has 0 radical (unpaired) electrons. The van der Waals surface area contributed by atoms with Crippen LogP contribution >= 0.6 is 0 Å². The molecule has 1 aromatic heterocycles. The Labute approximate surface area is 100 Å². The van der Waals surface area contributed by atoms with Gasteiger partial charge >= 0.3 is 0 Å². The first-order chi connectivity index (χ1) is 8.02. The number of nitrogens with zero attached hydrogens (tertiary/aromatic N) is 3. The van der Waals surface area contributed by atoms with Crippen LogP contribution in [0.25, 0.3) is 5.69 Å². The summed E-state index contributed by atoms with van der Waals surface area (Å²) in [5, 5.41) is 13.0. The van der Waals surface area contributed by atoms with Crippen LogP contribution in [0.1, 0.15) is 22.4 Å². The second kappa shape index (κ2) is 3.95. The van der Waals surface area contributed by atoms with Gasteiger partial charge < -0.3 is 5.73 Å². The SMILES string of the molecule is Cc1cc(C)c(-n2nc(C#N)cc2N)c(C)c1. The van der Waals surface area contributed by atoms with Crippen LogP contribution in [0.5, 0.6) is 0 Å². The van der Waals surface area contributed by atoms with Gasteiger partial charge in [0.15, 0.2) is 5.69 Å². The maximum Gasteiger partial charge on any atom is 0.165 e. The van der Waals surface area contributed by atoms with Crippen molar-refractivity contribution in [3.63, 3.8) is 0 Å². The van der Waals surface area contributed by atoms with Crippen molar-refractivity contribution in [2.45, 2.75) is 20.8 Å². The molecule has 2 N–H and O–H groups in total. The Balaban J connectivity index is 2.69. The van der Waals surface area contributed by atoms with Gasteiger partial charge in [-0.3, -0.25) is 0 Å². The van der Waals surface area contributed by atoms with Crippen LogP contribution in [0.2, 0.25) is 0 Å². The fourth-order valence-corrected chi connectivity index (χ4v) is 2.14. The van der Waals surface area contributed by atoms with Crippen LogP contribution in [0.3, 0.4) is 0 Å². The molecule has 0 saturated carbocycles. The predicted molar refractivity (Wildman–Crippen MR) is 66.9 cm³/mol. The topological polar surface area (TPSA) is 67.6 Å². The molecule has 0 unspecified atom stereocenters. The van der Waals surface area contributed by atoms with Gasteiger partial charge in [0, 0.05) is 6.07 Å². The summed E-state index contributed by atoms with van der Waals surface area (Å²) in [4.78, 5) is 0. The largest absolute Gasteiger partial charge is 0.384 e. The first-order valence-corrected chi connectivity index (χ1v) is 5.37. The molecule has 0 aliphatic rings. The lowest BCUT2D eigenvalue weighted by Crippen LogP contribution is -2.06. The van der Waals surface area contributed by atoms with Gasteiger partial charge in [0.25, 0.3) is 0 Å². The molecule has 4 nitrogen and oxygen atoms in total. The summed E-state index contributed by atoms with van der Waals surface area (Å²) >= 11 is 0. The van der Waals surface area contributed by atoms with Gasteiger partial charge in [0.1, 0.15) is 11.9 Å². The second-order valence-corrected chi connectivity index (χ2v) is 4.23. The number of hydrogen-bond acceptors (Lipinski definition) is 3. The second-order valence-electron chi connectivity index (χ2n) is 4.23. The van der Waals surface area contributed by atoms with Crippen molar-refractivity contribution in [2.75, 3.05) is 5.73 Å². The maximum absolute atomic E-state index is 8.82. The minimum atomic E-state index is 0.335. The third-order valence-corrected chi connectivity index (χ3v) is 2.70. The monoisotopic (exact) mass is 226 g/mol. The van der Waals surface area contributed by atoms with E-state index >= 15 is 0 Å². The van der Waals surface area contributed by atoms with Gasteiger partial charge in [0.05, 0.1) is 5.69 Å². The minimum absolute atomic E-state index is 0.335. The van der Waals surface area contributed by atoms with Crippen molar-refractivity contribution in [3.05, 3.63) is 40.6 Å². The Morgan fingerprint density at radius 2 is 1.76 bits per heavy atom. The molecule has 2 aromatic rings. The zero-order chi connectivity index (χ0) is 12.6. The zero-order valence-corrected chi connectivity index (χ0v) is 10.2. The van der Waals surface area contributed by atoms with E-state index < -0.39 is 0 Å². The molecule has 0 bridgehead atoms. The molecule has 0 aliphatic carbocycles. The fourth-order valence-electron chi connectivity index (χ4n) is 2.14. The van der Waals surface area contributed by atoms with Crippen LogP contribution in [0.15, 0.2) is 18.2 Å². The third-order valence-electron chi connectivity index (χ3n) is 2.70. The Morgan fingerprint density at radius 3 is 2.24 bits per heavy atom. The highest BCUT2D eigenvalue weighted by molar-refractivity contribution is 5.54. The first-order valence-electron chi connectivity index (χ1n) is 5.37. The average Bonchev–Trinajstić information content (AvgIpc) is 2.59. The highest BCUT2D eigenvalue weighted by Crippen LogP contribution is 2.23. The number of rotatable bonds is 1. The van der Waals surface area contributed by atoms with Crippen molar-refractivity contribution in [2.24, 2.45) is 0 Å². The summed E-state index contributed by atoms with van der Waals surface area (Å²) in [5.41, 5.74) is 10.6.